The van der Waals surface area contributed by atoms with Crippen LogP contribution in [0.3, 0.4) is 0 Å². The highest BCUT2D eigenvalue weighted by Crippen LogP contribution is 2.42. The van der Waals surface area contributed by atoms with Gasteiger partial charge >= 0.3 is 0 Å². The van der Waals surface area contributed by atoms with Gasteiger partial charge in [-0.15, -0.1) is 25.3 Å². The monoisotopic (exact) mass is 356 g/mol. The number of hydrogen-bond donors (Lipinski definition) is 2. The standard InChI is InChI=1S/C22H28S2/c1-21(2,3)16-13-10-14-17(22(4,5)6)18(16)20(24)19(23)15-11-8-7-9-12-15/h7-14,23-24H,1-6H3. The van der Waals surface area contributed by atoms with Crippen LogP contribution in [0.1, 0.15) is 63.8 Å². The van der Waals surface area contributed by atoms with Crippen molar-refractivity contribution in [2.75, 3.05) is 0 Å². The summed E-state index contributed by atoms with van der Waals surface area (Å²) in [6, 6.07) is 16.8. The molecule has 2 rings (SSSR count). The molecule has 0 unspecified atom stereocenters. The Morgan fingerprint density at radius 3 is 1.50 bits per heavy atom. The van der Waals surface area contributed by atoms with E-state index in [1.807, 2.05) is 18.2 Å². The Kier molecular flexibility index (Phi) is 5.61. The number of thiol groups is 2. The van der Waals surface area contributed by atoms with E-state index in [1.54, 1.807) is 0 Å². The summed E-state index contributed by atoms with van der Waals surface area (Å²) in [6.07, 6.45) is 0. The molecule has 0 aliphatic heterocycles. The van der Waals surface area contributed by atoms with Crippen molar-refractivity contribution in [3.63, 3.8) is 0 Å². The first kappa shape index (κ1) is 19.2. The molecule has 0 nitrogen and oxygen atoms in total. The number of benzene rings is 2. The molecule has 0 fully saturated rings. The molecule has 0 spiro atoms. The van der Waals surface area contributed by atoms with Crippen molar-refractivity contribution in [3.8, 4) is 0 Å². The van der Waals surface area contributed by atoms with Gasteiger partial charge in [0.25, 0.3) is 0 Å². The second-order valence-electron chi connectivity index (χ2n) is 8.29. The van der Waals surface area contributed by atoms with Crippen molar-refractivity contribution in [1.29, 1.82) is 0 Å². The lowest BCUT2D eigenvalue weighted by atomic mass is 9.76. The first-order valence-corrected chi connectivity index (χ1v) is 9.25. The molecule has 2 aromatic carbocycles. The summed E-state index contributed by atoms with van der Waals surface area (Å²) in [7, 11) is 0. The maximum Gasteiger partial charge on any atom is 0.0259 e. The van der Waals surface area contributed by atoms with Gasteiger partial charge in [0.15, 0.2) is 0 Å². The van der Waals surface area contributed by atoms with Gasteiger partial charge < -0.3 is 0 Å². The molecule has 0 saturated heterocycles. The van der Waals surface area contributed by atoms with Crippen LogP contribution in [0.5, 0.6) is 0 Å². The third-order valence-corrected chi connectivity index (χ3v) is 5.29. The zero-order chi connectivity index (χ0) is 18.1. The van der Waals surface area contributed by atoms with Crippen LogP contribution in [0.15, 0.2) is 48.5 Å². The highest BCUT2D eigenvalue weighted by molar-refractivity contribution is 7.96. The van der Waals surface area contributed by atoms with Crippen LogP contribution >= 0.6 is 25.3 Å². The predicted molar refractivity (Wildman–Crippen MR) is 115 cm³/mol. The fraction of sp³-hybridized carbons (Fsp3) is 0.364. The Hall–Kier alpha value is -1.12. The molecular formula is C22H28S2. The van der Waals surface area contributed by atoms with Gasteiger partial charge in [-0.3, -0.25) is 0 Å². The molecule has 0 aliphatic carbocycles. The molecule has 0 saturated carbocycles. The van der Waals surface area contributed by atoms with E-state index < -0.39 is 0 Å². The van der Waals surface area contributed by atoms with Crippen LogP contribution in [-0.2, 0) is 10.8 Å². The Morgan fingerprint density at radius 1 is 0.625 bits per heavy atom. The zero-order valence-corrected chi connectivity index (χ0v) is 17.3. The minimum absolute atomic E-state index is 0.0370. The molecule has 0 radical (unpaired) electrons. The maximum absolute atomic E-state index is 4.93. The van der Waals surface area contributed by atoms with Crippen molar-refractivity contribution in [1.82, 2.24) is 0 Å². The van der Waals surface area contributed by atoms with Crippen molar-refractivity contribution in [2.45, 2.75) is 52.4 Å². The molecule has 0 aromatic heterocycles. The van der Waals surface area contributed by atoms with Gasteiger partial charge in [0, 0.05) is 9.81 Å². The van der Waals surface area contributed by atoms with Crippen LogP contribution in [0.2, 0.25) is 0 Å². The normalized spacial score (nSPS) is 13.7. The highest BCUT2D eigenvalue weighted by atomic mass is 32.1. The van der Waals surface area contributed by atoms with E-state index in [9.17, 15) is 0 Å². The van der Waals surface area contributed by atoms with Crippen molar-refractivity contribution in [3.05, 3.63) is 70.8 Å². The van der Waals surface area contributed by atoms with Crippen LogP contribution in [0.25, 0.3) is 9.81 Å². The molecule has 0 aliphatic rings. The van der Waals surface area contributed by atoms with Gasteiger partial charge in [-0.05, 0) is 33.1 Å². The maximum atomic E-state index is 4.93. The molecule has 0 N–H and O–H groups in total. The van der Waals surface area contributed by atoms with Crippen LogP contribution in [0.4, 0.5) is 0 Å². The first-order valence-electron chi connectivity index (χ1n) is 8.35. The quantitative estimate of drug-likeness (QED) is 0.421. The number of hydrogen-bond acceptors (Lipinski definition) is 2. The third kappa shape index (κ3) is 4.10. The summed E-state index contributed by atoms with van der Waals surface area (Å²) < 4.78 is 0. The van der Waals surface area contributed by atoms with Gasteiger partial charge in [-0.1, -0.05) is 90.1 Å². The topological polar surface area (TPSA) is 0 Å². The van der Waals surface area contributed by atoms with E-state index in [4.69, 9.17) is 25.3 Å². The van der Waals surface area contributed by atoms with E-state index in [0.29, 0.717) is 0 Å². The smallest absolute Gasteiger partial charge is 0.0259 e. The van der Waals surface area contributed by atoms with Crippen molar-refractivity contribution in [2.24, 2.45) is 0 Å². The summed E-state index contributed by atoms with van der Waals surface area (Å²) in [5, 5.41) is 0. The molecule has 0 heterocycles. The molecule has 128 valence electrons. The predicted octanol–water partition coefficient (Wildman–Crippen LogP) is 6.97. The van der Waals surface area contributed by atoms with E-state index in [2.05, 4.69) is 71.9 Å². The van der Waals surface area contributed by atoms with E-state index in [1.165, 1.54) is 16.7 Å². The summed E-state index contributed by atoms with van der Waals surface area (Å²) in [5.41, 5.74) is 5.00. The van der Waals surface area contributed by atoms with Crippen LogP contribution in [0, 0.1) is 0 Å². The Bertz CT molecular complexity index is 710. The molecule has 0 atom stereocenters. The van der Waals surface area contributed by atoms with Crippen LogP contribution < -0.4 is 0 Å². The first-order chi connectivity index (χ1) is 11.0. The average molecular weight is 357 g/mol. The Morgan fingerprint density at radius 2 is 1.08 bits per heavy atom. The van der Waals surface area contributed by atoms with E-state index in [0.717, 1.165) is 15.4 Å². The van der Waals surface area contributed by atoms with Crippen molar-refractivity contribution < 1.29 is 0 Å². The largest absolute Gasteiger partial charge is 0.142 e. The molecular weight excluding hydrogens is 328 g/mol. The van der Waals surface area contributed by atoms with E-state index >= 15 is 0 Å². The molecule has 24 heavy (non-hydrogen) atoms. The number of rotatable bonds is 2. The molecule has 0 amide bonds. The summed E-state index contributed by atoms with van der Waals surface area (Å²) in [5.74, 6) is 0. The fourth-order valence-corrected chi connectivity index (χ4v) is 3.54. The Balaban J connectivity index is 2.81. The summed E-state index contributed by atoms with van der Waals surface area (Å²) in [6.45, 7) is 13.5. The van der Waals surface area contributed by atoms with Gasteiger partial charge in [-0.2, -0.15) is 0 Å². The zero-order valence-electron chi connectivity index (χ0n) is 15.5. The second-order valence-corrected chi connectivity index (χ2v) is 9.19. The van der Waals surface area contributed by atoms with Gasteiger partial charge in [0.05, 0.1) is 0 Å². The lowest BCUT2D eigenvalue weighted by Gasteiger charge is -2.30. The SMILES string of the molecule is CC(C)(C)c1cccc(C(C)(C)C)c1C(S)=C(S)c1ccccc1. The van der Waals surface area contributed by atoms with Crippen molar-refractivity contribution >= 4 is 35.1 Å². The summed E-state index contributed by atoms with van der Waals surface area (Å²) >= 11 is 9.75. The molecule has 2 heteroatoms. The van der Waals surface area contributed by atoms with Gasteiger partial charge in [0.1, 0.15) is 0 Å². The van der Waals surface area contributed by atoms with Crippen LogP contribution in [-0.4, -0.2) is 0 Å². The minimum atomic E-state index is 0.0370. The highest BCUT2D eigenvalue weighted by Gasteiger charge is 2.27. The average Bonchev–Trinajstić information content (AvgIpc) is 2.52. The van der Waals surface area contributed by atoms with Gasteiger partial charge in [-0.25, -0.2) is 0 Å². The summed E-state index contributed by atoms with van der Waals surface area (Å²) in [4.78, 5) is 1.86. The minimum Gasteiger partial charge on any atom is -0.142 e. The van der Waals surface area contributed by atoms with E-state index in [-0.39, 0.29) is 10.8 Å². The second kappa shape index (κ2) is 7.01. The third-order valence-electron chi connectivity index (χ3n) is 4.19. The van der Waals surface area contributed by atoms with Gasteiger partial charge in [0.2, 0.25) is 0 Å². The lowest BCUT2D eigenvalue weighted by molar-refractivity contribution is 0.566. The molecule has 2 aromatic rings. The Labute approximate surface area is 158 Å². The fourth-order valence-electron chi connectivity index (χ4n) is 2.91. The lowest BCUT2D eigenvalue weighted by Crippen LogP contribution is -2.20. The molecule has 0 bridgehead atoms.